The van der Waals surface area contributed by atoms with E-state index in [1.807, 2.05) is 9.80 Å². The fourth-order valence-corrected chi connectivity index (χ4v) is 1.85. The zero-order valence-corrected chi connectivity index (χ0v) is 12.6. The van der Waals surface area contributed by atoms with Crippen LogP contribution in [0, 0.1) is 0 Å². The van der Waals surface area contributed by atoms with E-state index in [4.69, 9.17) is 32.7 Å². The Hall–Kier alpha value is 0.320. The molecule has 1 aliphatic rings. The van der Waals surface area contributed by atoms with Gasteiger partial charge in [0.1, 0.15) is 10.3 Å². The maximum absolute atomic E-state index is 6.07. The summed E-state index contributed by atoms with van der Waals surface area (Å²) in [7, 11) is 3.33. The molecule has 0 unspecified atom stereocenters. The molecule has 1 aliphatic heterocycles. The summed E-state index contributed by atoms with van der Waals surface area (Å²) in [4.78, 5) is 3.95. The van der Waals surface area contributed by atoms with Crippen LogP contribution in [0.2, 0.25) is 0 Å². The van der Waals surface area contributed by atoms with Gasteiger partial charge in [0.05, 0.1) is 19.9 Å². The largest absolute Gasteiger partial charge is 0.383 e. The van der Waals surface area contributed by atoms with Gasteiger partial charge in [-0.2, -0.15) is 0 Å². The van der Waals surface area contributed by atoms with Crippen molar-refractivity contribution in [2.45, 2.75) is 0 Å². The molecule has 0 bridgehead atoms. The molecule has 1 rings (SSSR count). The van der Waals surface area contributed by atoms with Crippen LogP contribution in [0.25, 0.3) is 0 Å². The molecule has 0 aromatic rings. The Morgan fingerprint density at radius 1 is 1.00 bits per heavy atom. The molecule has 0 aliphatic carbocycles. The Labute approximate surface area is 117 Å². The fourth-order valence-electron chi connectivity index (χ4n) is 1.33. The summed E-state index contributed by atoms with van der Waals surface area (Å²) < 4.78 is 9.99. The van der Waals surface area contributed by atoms with Crippen molar-refractivity contribution in [3.63, 3.8) is 0 Å². The van der Waals surface area contributed by atoms with Gasteiger partial charge < -0.3 is 19.3 Å². The lowest BCUT2D eigenvalue weighted by atomic mass is 10.6. The van der Waals surface area contributed by atoms with Gasteiger partial charge in [0.2, 0.25) is 0 Å². The van der Waals surface area contributed by atoms with Gasteiger partial charge >= 0.3 is 0 Å². The molecule has 96 valence electrons. The molecule has 0 amide bonds. The van der Waals surface area contributed by atoms with Crippen LogP contribution in [-0.4, -0.2) is 57.0 Å². The second-order valence-electron chi connectivity index (χ2n) is 3.24. The predicted molar refractivity (Wildman–Crippen MR) is 71.1 cm³/mol. The highest BCUT2D eigenvalue weighted by molar-refractivity contribution is 8.93. The van der Waals surface area contributed by atoms with Gasteiger partial charge in [-0.25, -0.2) is 0 Å². The standard InChI is InChI=1S/C9H16Cl2N2O2.BrH/c1-14-5-3-12-7-13(4-6-15-2)9(11)8(12)10;/h3-7H2,1-2H3;1H. The van der Waals surface area contributed by atoms with Crippen LogP contribution in [0.3, 0.4) is 0 Å². The van der Waals surface area contributed by atoms with Crippen molar-refractivity contribution in [3.8, 4) is 0 Å². The molecular formula is C9H17BrCl2N2O2. The molecule has 0 spiro atoms. The first kappa shape index (κ1) is 16.3. The molecule has 0 N–H and O–H groups in total. The summed E-state index contributed by atoms with van der Waals surface area (Å²) in [5, 5.41) is 1.18. The van der Waals surface area contributed by atoms with Crippen molar-refractivity contribution >= 4 is 40.2 Å². The van der Waals surface area contributed by atoms with Crippen LogP contribution in [0.1, 0.15) is 0 Å². The Morgan fingerprint density at radius 3 is 1.69 bits per heavy atom. The summed E-state index contributed by atoms with van der Waals surface area (Å²) in [6.45, 7) is 3.46. The zero-order valence-electron chi connectivity index (χ0n) is 9.41. The van der Waals surface area contributed by atoms with Crippen LogP contribution >= 0.6 is 40.2 Å². The maximum Gasteiger partial charge on any atom is 0.142 e. The van der Waals surface area contributed by atoms with E-state index in [-0.39, 0.29) is 17.0 Å². The summed E-state index contributed by atoms with van der Waals surface area (Å²) in [5.74, 6) is 0. The normalized spacial score (nSPS) is 15.8. The number of hydrogen-bond acceptors (Lipinski definition) is 4. The summed E-state index contributed by atoms with van der Waals surface area (Å²) >= 11 is 12.1. The van der Waals surface area contributed by atoms with Crippen molar-refractivity contribution in [1.82, 2.24) is 9.80 Å². The number of methoxy groups -OCH3 is 2. The average molecular weight is 336 g/mol. The molecule has 7 heteroatoms. The minimum atomic E-state index is 0. The molecule has 1 heterocycles. The van der Waals surface area contributed by atoms with Gasteiger partial charge in [0.15, 0.2) is 0 Å². The third-order valence-electron chi connectivity index (χ3n) is 2.20. The summed E-state index contributed by atoms with van der Waals surface area (Å²) in [6.07, 6.45) is 0. The highest BCUT2D eigenvalue weighted by atomic mass is 79.9. The fraction of sp³-hybridized carbons (Fsp3) is 0.778. The van der Waals surface area contributed by atoms with E-state index in [9.17, 15) is 0 Å². The number of nitrogens with zero attached hydrogens (tertiary/aromatic N) is 2. The van der Waals surface area contributed by atoms with Gasteiger partial charge in [-0.3, -0.25) is 0 Å². The third-order valence-corrected chi connectivity index (χ3v) is 3.13. The van der Waals surface area contributed by atoms with E-state index in [1.54, 1.807) is 14.2 Å². The lowest BCUT2D eigenvalue weighted by Crippen LogP contribution is -2.31. The molecule has 0 saturated carbocycles. The molecule has 0 fully saturated rings. The summed E-state index contributed by atoms with van der Waals surface area (Å²) in [5.41, 5.74) is 0. The van der Waals surface area contributed by atoms with E-state index >= 15 is 0 Å². The van der Waals surface area contributed by atoms with Crippen molar-refractivity contribution in [1.29, 1.82) is 0 Å². The lowest BCUT2D eigenvalue weighted by molar-refractivity contribution is 0.135. The van der Waals surface area contributed by atoms with E-state index in [2.05, 4.69) is 0 Å². The quantitative estimate of drug-likeness (QED) is 0.693. The van der Waals surface area contributed by atoms with E-state index in [0.29, 0.717) is 30.2 Å². The minimum Gasteiger partial charge on any atom is -0.383 e. The van der Waals surface area contributed by atoms with E-state index in [0.717, 1.165) is 13.1 Å². The first-order valence-corrected chi connectivity index (χ1v) is 5.49. The second-order valence-corrected chi connectivity index (χ2v) is 3.95. The van der Waals surface area contributed by atoms with Crippen molar-refractivity contribution in [2.75, 3.05) is 47.2 Å². The highest BCUT2D eigenvalue weighted by Gasteiger charge is 2.25. The first-order chi connectivity index (χ1) is 7.20. The lowest BCUT2D eigenvalue weighted by Gasteiger charge is -2.21. The van der Waals surface area contributed by atoms with Crippen molar-refractivity contribution < 1.29 is 9.47 Å². The smallest absolute Gasteiger partial charge is 0.142 e. The van der Waals surface area contributed by atoms with Crippen molar-refractivity contribution in [3.05, 3.63) is 10.3 Å². The van der Waals surface area contributed by atoms with E-state index in [1.165, 1.54) is 0 Å². The SMILES string of the molecule is Br.COCCN1CN(CCOC)C(Cl)=C1Cl. The zero-order chi connectivity index (χ0) is 11.3. The Kier molecular flexibility index (Phi) is 8.58. The van der Waals surface area contributed by atoms with Gasteiger partial charge in [-0.05, 0) is 0 Å². The topological polar surface area (TPSA) is 24.9 Å². The van der Waals surface area contributed by atoms with Gasteiger partial charge in [-0.15, -0.1) is 17.0 Å². The highest BCUT2D eigenvalue weighted by Crippen LogP contribution is 2.28. The Balaban J connectivity index is 0.00000225. The first-order valence-electron chi connectivity index (χ1n) is 4.73. The van der Waals surface area contributed by atoms with Gasteiger partial charge in [0.25, 0.3) is 0 Å². The molecule has 16 heavy (non-hydrogen) atoms. The van der Waals surface area contributed by atoms with Crippen LogP contribution < -0.4 is 0 Å². The molecule has 0 radical (unpaired) electrons. The molecule has 0 aromatic heterocycles. The van der Waals surface area contributed by atoms with Crippen LogP contribution in [-0.2, 0) is 9.47 Å². The second kappa shape index (κ2) is 8.42. The molecule has 4 nitrogen and oxygen atoms in total. The predicted octanol–water partition coefficient (Wildman–Crippen LogP) is 2.04. The maximum atomic E-state index is 6.07. The third kappa shape index (κ3) is 4.30. The number of hydrogen-bond donors (Lipinski definition) is 0. The molecule has 0 aromatic carbocycles. The average Bonchev–Trinajstić information content (AvgIpc) is 2.51. The van der Waals surface area contributed by atoms with Crippen LogP contribution in [0.15, 0.2) is 10.3 Å². The number of halogens is 3. The number of rotatable bonds is 6. The van der Waals surface area contributed by atoms with Crippen molar-refractivity contribution in [2.24, 2.45) is 0 Å². The Morgan fingerprint density at radius 2 is 1.38 bits per heavy atom. The Bertz CT molecular complexity index is 220. The number of ether oxygens (including phenoxy) is 2. The molecule has 0 saturated heterocycles. The van der Waals surface area contributed by atoms with E-state index < -0.39 is 0 Å². The van der Waals surface area contributed by atoms with Gasteiger partial charge in [-0.1, -0.05) is 23.2 Å². The van der Waals surface area contributed by atoms with Gasteiger partial charge in [0, 0.05) is 27.3 Å². The van der Waals surface area contributed by atoms with Crippen LogP contribution in [0.4, 0.5) is 0 Å². The minimum absolute atomic E-state index is 0. The summed E-state index contributed by atoms with van der Waals surface area (Å²) in [6, 6.07) is 0. The molecule has 0 atom stereocenters. The monoisotopic (exact) mass is 334 g/mol. The molecular weight excluding hydrogens is 319 g/mol. The van der Waals surface area contributed by atoms with Crippen LogP contribution in [0.5, 0.6) is 0 Å².